The highest BCUT2D eigenvalue weighted by atomic mass is 79.9. The molecule has 6 heteroatoms. The molecule has 0 saturated heterocycles. The number of halogens is 2. The average molecular weight is 480 g/mol. The van der Waals surface area contributed by atoms with Crippen LogP contribution in [0, 0.1) is 0 Å². The van der Waals surface area contributed by atoms with Gasteiger partial charge in [-0.25, -0.2) is 9.59 Å². The molecule has 0 unspecified atom stereocenters. The molecule has 0 heterocycles. The third-order valence-electron chi connectivity index (χ3n) is 3.16. The highest BCUT2D eigenvalue weighted by Crippen LogP contribution is 2.12. The van der Waals surface area contributed by atoms with Gasteiger partial charge in [0.2, 0.25) is 0 Å². The van der Waals surface area contributed by atoms with E-state index in [9.17, 15) is 9.59 Å². The minimum Gasteiger partial charge on any atom is -0.458 e. The van der Waals surface area contributed by atoms with Crippen molar-refractivity contribution in [2.45, 2.75) is 13.2 Å². The zero-order valence-corrected chi connectivity index (χ0v) is 16.9. The molecule has 0 fully saturated rings. The SMILES string of the molecule is O=C(/C=C\C=C\C(=O)OCc1ccc(Br)cc1)OCc1ccc(Br)cc1. The topological polar surface area (TPSA) is 52.6 Å². The lowest BCUT2D eigenvalue weighted by atomic mass is 10.2. The zero-order chi connectivity index (χ0) is 18.8. The van der Waals surface area contributed by atoms with Crippen molar-refractivity contribution in [3.8, 4) is 0 Å². The maximum atomic E-state index is 11.6. The Hall–Kier alpha value is -2.18. The second-order valence-corrected chi connectivity index (χ2v) is 7.02. The van der Waals surface area contributed by atoms with Gasteiger partial charge in [0.05, 0.1) is 0 Å². The number of carbonyl (C=O) groups is 2. The van der Waals surface area contributed by atoms with Crippen molar-refractivity contribution in [3.05, 3.63) is 92.9 Å². The van der Waals surface area contributed by atoms with E-state index in [1.54, 1.807) is 0 Å². The Morgan fingerprint density at radius 3 is 1.38 bits per heavy atom. The van der Waals surface area contributed by atoms with Crippen molar-refractivity contribution >= 4 is 43.8 Å². The van der Waals surface area contributed by atoms with Crippen molar-refractivity contribution in [2.75, 3.05) is 0 Å². The summed E-state index contributed by atoms with van der Waals surface area (Å²) in [5.41, 5.74) is 1.78. The summed E-state index contributed by atoms with van der Waals surface area (Å²) in [4.78, 5) is 23.2. The van der Waals surface area contributed by atoms with E-state index in [4.69, 9.17) is 9.47 Å². The van der Waals surface area contributed by atoms with E-state index in [0.29, 0.717) is 0 Å². The number of rotatable bonds is 7. The van der Waals surface area contributed by atoms with Crippen LogP contribution in [0.3, 0.4) is 0 Å². The molecule has 0 amide bonds. The van der Waals surface area contributed by atoms with Gasteiger partial charge in [-0.2, -0.15) is 0 Å². The smallest absolute Gasteiger partial charge is 0.331 e. The van der Waals surface area contributed by atoms with E-state index < -0.39 is 11.9 Å². The number of carbonyl (C=O) groups excluding carboxylic acids is 2. The first-order valence-corrected chi connectivity index (χ1v) is 9.28. The van der Waals surface area contributed by atoms with Crippen LogP contribution in [0.15, 0.2) is 81.8 Å². The molecule has 2 rings (SSSR count). The number of ether oxygens (including phenoxy) is 2. The normalized spacial score (nSPS) is 11.0. The monoisotopic (exact) mass is 478 g/mol. The Kier molecular flexibility index (Phi) is 8.31. The van der Waals surface area contributed by atoms with E-state index in [1.165, 1.54) is 24.3 Å². The molecule has 0 aliphatic heterocycles. The molecule has 0 saturated carbocycles. The van der Waals surface area contributed by atoms with Crippen molar-refractivity contribution in [1.29, 1.82) is 0 Å². The van der Waals surface area contributed by atoms with Crippen LogP contribution in [-0.2, 0) is 32.3 Å². The van der Waals surface area contributed by atoms with Crippen molar-refractivity contribution in [1.82, 2.24) is 0 Å². The molecule has 0 bridgehead atoms. The van der Waals surface area contributed by atoms with Gasteiger partial charge in [-0.05, 0) is 35.4 Å². The predicted octanol–water partition coefficient (Wildman–Crippen LogP) is 5.11. The Labute approximate surface area is 168 Å². The minimum absolute atomic E-state index is 0.190. The summed E-state index contributed by atoms with van der Waals surface area (Å²) in [5.74, 6) is -0.971. The Morgan fingerprint density at radius 1 is 0.692 bits per heavy atom. The molecule has 0 aromatic heterocycles. The maximum Gasteiger partial charge on any atom is 0.331 e. The van der Waals surface area contributed by atoms with Gasteiger partial charge in [-0.3, -0.25) is 0 Å². The van der Waals surface area contributed by atoms with Gasteiger partial charge in [0.1, 0.15) is 13.2 Å². The third kappa shape index (κ3) is 7.80. The van der Waals surface area contributed by atoms with Crippen LogP contribution in [0.1, 0.15) is 11.1 Å². The fourth-order valence-corrected chi connectivity index (χ4v) is 2.36. The Bertz CT molecular complexity index is 724. The number of allylic oxidation sites excluding steroid dienone is 2. The van der Waals surface area contributed by atoms with E-state index in [1.807, 2.05) is 48.5 Å². The fraction of sp³-hybridized carbons (Fsp3) is 0.100. The van der Waals surface area contributed by atoms with Crippen LogP contribution in [0.5, 0.6) is 0 Å². The maximum absolute atomic E-state index is 11.6. The molecule has 4 nitrogen and oxygen atoms in total. The number of benzene rings is 2. The number of hydrogen-bond acceptors (Lipinski definition) is 4. The van der Waals surface area contributed by atoms with Crippen molar-refractivity contribution < 1.29 is 19.1 Å². The van der Waals surface area contributed by atoms with E-state index in [-0.39, 0.29) is 13.2 Å². The summed E-state index contributed by atoms with van der Waals surface area (Å²) in [6.07, 6.45) is 5.37. The highest BCUT2D eigenvalue weighted by Gasteiger charge is 2.00. The molecule has 134 valence electrons. The lowest BCUT2D eigenvalue weighted by Crippen LogP contribution is -2.01. The van der Waals surface area contributed by atoms with E-state index in [0.717, 1.165) is 20.1 Å². The number of hydrogen-bond donors (Lipinski definition) is 0. The Morgan fingerprint density at radius 2 is 1.04 bits per heavy atom. The van der Waals surface area contributed by atoms with Gasteiger partial charge in [0.25, 0.3) is 0 Å². The molecule has 0 radical (unpaired) electrons. The first kappa shape index (κ1) is 20.1. The first-order chi connectivity index (χ1) is 12.5. The van der Waals surface area contributed by atoms with Crippen LogP contribution in [-0.4, -0.2) is 11.9 Å². The Balaban J connectivity index is 1.68. The first-order valence-electron chi connectivity index (χ1n) is 7.70. The zero-order valence-electron chi connectivity index (χ0n) is 13.7. The summed E-state index contributed by atoms with van der Waals surface area (Å²) >= 11 is 6.68. The van der Waals surface area contributed by atoms with Gasteiger partial charge >= 0.3 is 11.9 Å². The summed E-state index contributed by atoms with van der Waals surface area (Å²) in [6.45, 7) is 0.380. The van der Waals surface area contributed by atoms with Crippen LogP contribution in [0.2, 0.25) is 0 Å². The molecule has 2 aromatic carbocycles. The molecule has 26 heavy (non-hydrogen) atoms. The second-order valence-electron chi connectivity index (χ2n) is 5.19. The van der Waals surface area contributed by atoms with Crippen LogP contribution in [0.4, 0.5) is 0 Å². The van der Waals surface area contributed by atoms with Gasteiger partial charge < -0.3 is 9.47 Å². The summed E-state index contributed by atoms with van der Waals surface area (Å²) in [7, 11) is 0. The molecular weight excluding hydrogens is 464 g/mol. The predicted molar refractivity (Wildman–Crippen MR) is 106 cm³/mol. The molecule has 0 atom stereocenters. The summed E-state index contributed by atoms with van der Waals surface area (Å²) in [6, 6.07) is 15.0. The van der Waals surface area contributed by atoms with E-state index in [2.05, 4.69) is 31.9 Å². The molecule has 2 aromatic rings. The average Bonchev–Trinajstić information content (AvgIpc) is 2.64. The highest BCUT2D eigenvalue weighted by molar-refractivity contribution is 9.10. The summed E-state index contributed by atoms with van der Waals surface area (Å²) < 4.78 is 12.1. The van der Waals surface area contributed by atoms with Crippen LogP contribution >= 0.6 is 31.9 Å². The molecule has 0 aliphatic carbocycles. The molecular formula is C20H16Br2O4. The van der Waals surface area contributed by atoms with Crippen LogP contribution < -0.4 is 0 Å². The van der Waals surface area contributed by atoms with Crippen LogP contribution in [0.25, 0.3) is 0 Å². The van der Waals surface area contributed by atoms with Crippen molar-refractivity contribution in [2.24, 2.45) is 0 Å². The summed E-state index contributed by atoms with van der Waals surface area (Å²) in [5, 5.41) is 0. The third-order valence-corrected chi connectivity index (χ3v) is 4.22. The minimum atomic E-state index is -0.485. The quantitative estimate of drug-likeness (QED) is 0.314. The lowest BCUT2D eigenvalue weighted by Gasteiger charge is -2.02. The molecule has 0 spiro atoms. The van der Waals surface area contributed by atoms with Gasteiger partial charge in [0, 0.05) is 21.1 Å². The van der Waals surface area contributed by atoms with Gasteiger partial charge in [-0.15, -0.1) is 0 Å². The standard InChI is InChI=1S/C20H16Br2O4/c21-17-9-5-15(6-10-17)13-25-19(23)3-1-2-4-20(24)26-14-16-7-11-18(22)12-8-16/h1-12H,13-14H2/b3-1-,4-2+. The lowest BCUT2D eigenvalue weighted by molar-refractivity contribution is -0.140. The molecule has 0 aliphatic rings. The largest absolute Gasteiger partial charge is 0.458 e. The number of esters is 2. The molecule has 0 N–H and O–H groups in total. The van der Waals surface area contributed by atoms with E-state index >= 15 is 0 Å². The van der Waals surface area contributed by atoms with Gasteiger partial charge in [0.15, 0.2) is 0 Å². The second kappa shape index (κ2) is 10.7. The van der Waals surface area contributed by atoms with Gasteiger partial charge in [-0.1, -0.05) is 68.3 Å². The fourth-order valence-electron chi connectivity index (χ4n) is 1.83. The van der Waals surface area contributed by atoms with Crippen molar-refractivity contribution in [3.63, 3.8) is 0 Å².